The molecule has 2 aromatic carbocycles. The fourth-order valence-electron chi connectivity index (χ4n) is 2.43. The van der Waals surface area contributed by atoms with Crippen LogP contribution >= 0.6 is 0 Å². The highest BCUT2D eigenvalue weighted by atomic mass is 15.2. The van der Waals surface area contributed by atoms with Crippen molar-refractivity contribution in [1.82, 2.24) is 0 Å². The maximum Gasteiger partial charge on any atom is 0.104 e. The van der Waals surface area contributed by atoms with Gasteiger partial charge in [-0.15, -0.1) is 0 Å². The molecular weight excluding hydrogens is 220 g/mol. The Kier molecular flexibility index (Phi) is 2.63. The van der Waals surface area contributed by atoms with Gasteiger partial charge >= 0.3 is 0 Å². The molecule has 1 aliphatic heterocycles. The summed E-state index contributed by atoms with van der Waals surface area (Å²) in [5.74, 6) is 1.06. The van der Waals surface area contributed by atoms with Gasteiger partial charge in [0.1, 0.15) is 11.9 Å². The highest BCUT2D eigenvalue weighted by molar-refractivity contribution is 5.98. The Morgan fingerprint density at radius 2 is 1.61 bits per heavy atom. The van der Waals surface area contributed by atoms with Gasteiger partial charge in [0.2, 0.25) is 0 Å². The van der Waals surface area contributed by atoms with Gasteiger partial charge in [-0.25, -0.2) is 0 Å². The summed E-state index contributed by atoms with van der Waals surface area (Å²) in [4.78, 5) is 6.96. The van der Waals surface area contributed by atoms with Crippen molar-refractivity contribution < 1.29 is 0 Å². The topological polar surface area (TPSA) is 15.6 Å². The van der Waals surface area contributed by atoms with Crippen LogP contribution in [0.15, 0.2) is 59.6 Å². The molecule has 0 saturated carbocycles. The van der Waals surface area contributed by atoms with Crippen LogP contribution in [0.1, 0.15) is 24.1 Å². The van der Waals surface area contributed by atoms with Crippen LogP contribution in [0, 0.1) is 0 Å². The van der Waals surface area contributed by atoms with Crippen molar-refractivity contribution in [1.29, 1.82) is 0 Å². The standard InChI is InChI=1S/C16H16N2/c1-12-17-16(13-8-4-3-5-9-13)14-10-6-7-11-15(14)18(12)2/h3-11,16H,1-2H3. The lowest BCUT2D eigenvalue weighted by molar-refractivity contribution is 0.842. The van der Waals surface area contributed by atoms with Crippen LogP contribution in [-0.2, 0) is 0 Å². The largest absolute Gasteiger partial charge is 0.333 e. The number of aliphatic imine (C=N–C) groups is 1. The van der Waals surface area contributed by atoms with Crippen molar-refractivity contribution in [2.45, 2.75) is 13.0 Å². The Balaban J connectivity index is 2.16. The maximum absolute atomic E-state index is 4.82. The van der Waals surface area contributed by atoms with E-state index in [4.69, 9.17) is 4.99 Å². The fourth-order valence-corrected chi connectivity index (χ4v) is 2.43. The van der Waals surface area contributed by atoms with Crippen LogP contribution in [-0.4, -0.2) is 12.9 Å². The minimum atomic E-state index is 0.124. The molecule has 0 N–H and O–H groups in total. The van der Waals surface area contributed by atoms with Crippen molar-refractivity contribution in [3.8, 4) is 0 Å². The zero-order valence-electron chi connectivity index (χ0n) is 10.7. The molecule has 1 heterocycles. The Morgan fingerprint density at radius 1 is 0.944 bits per heavy atom. The van der Waals surface area contributed by atoms with Crippen molar-refractivity contribution in [2.75, 3.05) is 11.9 Å². The van der Waals surface area contributed by atoms with Crippen LogP contribution in [0.5, 0.6) is 0 Å². The Hall–Kier alpha value is -2.09. The third-order valence-electron chi connectivity index (χ3n) is 3.51. The van der Waals surface area contributed by atoms with E-state index in [0.717, 1.165) is 5.84 Å². The summed E-state index contributed by atoms with van der Waals surface area (Å²) in [6.45, 7) is 2.06. The predicted octanol–water partition coefficient (Wildman–Crippen LogP) is 3.64. The monoisotopic (exact) mass is 236 g/mol. The molecule has 1 unspecified atom stereocenters. The van der Waals surface area contributed by atoms with Crippen molar-refractivity contribution in [2.24, 2.45) is 4.99 Å². The minimum absolute atomic E-state index is 0.124. The second-order valence-electron chi connectivity index (χ2n) is 4.61. The van der Waals surface area contributed by atoms with E-state index < -0.39 is 0 Å². The molecule has 18 heavy (non-hydrogen) atoms. The molecule has 0 radical (unpaired) electrons. The van der Waals surface area contributed by atoms with Gasteiger partial charge in [-0.3, -0.25) is 4.99 Å². The number of nitrogens with zero attached hydrogens (tertiary/aromatic N) is 2. The highest BCUT2D eigenvalue weighted by Gasteiger charge is 2.23. The summed E-state index contributed by atoms with van der Waals surface area (Å²) in [5.41, 5.74) is 3.77. The summed E-state index contributed by atoms with van der Waals surface area (Å²) in [6.07, 6.45) is 0. The number of fused-ring (bicyclic) bond motifs is 1. The normalized spacial score (nSPS) is 18.2. The smallest absolute Gasteiger partial charge is 0.104 e. The van der Waals surface area contributed by atoms with E-state index in [9.17, 15) is 0 Å². The van der Waals surface area contributed by atoms with Gasteiger partial charge in [0.25, 0.3) is 0 Å². The first kappa shape index (κ1) is 11.0. The van der Waals surface area contributed by atoms with Crippen LogP contribution in [0.4, 0.5) is 5.69 Å². The average Bonchev–Trinajstić information content (AvgIpc) is 2.44. The molecule has 2 nitrogen and oxygen atoms in total. The lowest BCUT2D eigenvalue weighted by atomic mass is 9.96. The molecule has 0 amide bonds. The summed E-state index contributed by atoms with van der Waals surface area (Å²) in [6, 6.07) is 19.1. The van der Waals surface area contributed by atoms with E-state index in [0.29, 0.717) is 0 Å². The molecule has 90 valence electrons. The molecular formula is C16H16N2. The molecule has 0 bridgehead atoms. The second-order valence-corrected chi connectivity index (χ2v) is 4.61. The van der Waals surface area contributed by atoms with E-state index in [1.807, 2.05) is 6.07 Å². The lowest BCUT2D eigenvalue weighted by Crippen LogP contribution is -2.29. The molecule has 2 aromatic rings. The second kappa shape index (κ2) is 4.30. The van der Waals surface area contributed by atoms with E-state index in [2.05, 4.69) is 67.4 Å². The first-order valence-electron chi connectivity index (χ1n) is 6.19. The molecule has 3 rings (SSSR count). The Morgan fingerprint density at radius 3 is 2.39 bits per heavy atom. The van der Waals surface area contributed by atoms with E-state index in [1.54, 1.807) is 0 Å². The minimum Gasteiger partial charge on any atom is -0.333 e. The van der Waals surface area contributed by atoms with Gasteiger partial charge in [-0.1, -0.05) is 48.5 Å². The molecule has 1 atom stereocenters. The third kappa shape index (κ3) is 1.70. The number of benzene rings is 2. The van der Waals surface area contributed by atoms with E-state index in [1.165, 1.54) is 16.8 Å². The fraction of sp³-hybridized carbons (Fsp3) is 0.188. The quantitative estimate of drug-likeness (QED) is 0.738. The first-order valence-corrected chi connectivity index (χ1v) is 6.19. The Labute approximate surface area is 108 Å². The number of amidine groups is 1. The molecule has 0 spiro atoms. The number of rotatable bonds is 1. The number of para-hydroxylation sites is 1. The van der Waals surface area contributed by atoms with Gasteiger partial charge in [-0.2, -0.15) is 0 Å². The Bertz CT molecular complexity index is 587. The van der Waals surface area contributed by atoms with Crippen molar-refractivity contribution in [3.05, 3.63) is 65.7 Å². The molecule has 0 saturated heterocycles. The average molecular weight is 236 g/mol. The predicted molar refractivity (Wildman–Crippen MR) is 76.2 cm³/mol. The van der Waals surface area contributed by atoms with Gasteiger partial charge < -0.3 is 4.90 Å². The molecule has 0 aromatic heterocycles. The summed E-state index contributed by atoms with van der Waals surface area (Å²) < 4.78 is 0. The van der Waals surface area contributed by atoms with Crippen molar-refractivity contribution >= 4 is 11.5 Å². The number of anilines is 1. The summed E-state index contributed by atoms with van der Waals surface area (Å²) in [7, 11) is 2.07. The van der Waals surface area contributed by atoms with E-state index >= 15 is 0 Å². The van der Waals surface area contributed by atoms with Gasteiger partial charge in [0, 0.05) is 18.3 Å². The van der Waals surface area contributed by atoms with E-state index in [-0.39, 0.29) is 6.04 Å². The zero-order valence-corrected chi connectivity index (χ0v) is 10.7. The number of hydrogen-bond acceptors (Lipinski definition) is 2. The van der Waals surface area contributed by atoms with Gasteiger partial charge in [0.15, 0.2) is 0 Å². The lowest BCUT2D eigenvalue weighted by Gasteiger charge is -2.31. The SMILES string of the molecule is CC1=NC(c2ccccc2)c2ccccc2N1C. The van der Waals surface area contributed by atoms with Gasteiger partial charge in [0.05, 0.1) is 0 Å². The first-order chi connectivity index (χ1) is 8.77. The summed E-state index contributed by atoms with van der Waals surface area (Å²) >= 11 is 0. The van der Waals surface area contributed by atoms with Crippen molar-refractivity contribution in [3.63, 3.8) is 0 Å². The van der Waals surface area contributed by atoms with Crippen LogP contribution < -0.4 is 4.90 Å². The molecule has 2 heteroatoms. The maximum atomic E-state index is 4.82. The highest BCUT2D eigenvalue weighted by Crippen LogP contribution is 2.36. The summed E-state index contributed by atoms with van der Waals surface area (Å²) in [5, 5.41) is 0. The zero-order chi connectivity index (χ0) is 12.5. The number of hydrogen-bond donors (Lipinski definition) is 0. The molecule has 0 aliphatic carbocycles. The molecule has 0 fully saturated rings. The van der Waals surface area contributed by atoms with Crippen LogP contribution in [0.25, 0.3) is 0 Å². The van der Waals surface area contributed by atoms with Crippen LogP contribution in [0.2, 0.25) is 0 Å². The van der Waals surface area contributed by atoms with Crippen LogP contribution in [0.3, 0.4) is 0 Å². The molecule has 1 aliphatic rings. The third-order valence-corrected chi connectivity index (χ3v) is 3.51. The van der Waals surface area contributed by atoms with Gasteiger partial charge in [-0.05, 0) is 18.6 Å².